The van der Waals surface area contributed by atoms with E-state index in [0.717, 1.165) is 21.4 Å². The van der Waals surface area contributed by atoms with E-state index >= 15 is 4.39 Å². The van der Waals surface area contributed by atoms with Crippen LogP contribution in [-0.2, 0) is 90.8 Å². The molecule has 3 aromatic carbocycles. The highest BCUT2D eigenvalue weighted by molar-refractivity contribution is 6.12. The molecule has 3 aliphatic heterocycles. The average Bonchev–Trinajstić information content (AvgIpc) is 1.44. The van der Waals surface area contributed by atoms with Crippen LogP contribution in [0.4, 0.5) is 14.9 Å². The number of cyclic esters (lactones) is 1. The molecule has 4 aliphatic rings. The number of aromatic nitrogens is 2. The summed E-state index contributed by atoms with van der Waals surface area (Å²) in [4.78, 5) is 150. The highest BCUT2D eigenvalue weighted by atomic mass is 19.1. The fourth-order valence-corrected chi connectivity index (χ4v) is 11.5. The van der Waals surface area contributed by atoms with Gasteiger partial charge < -0.3 is 55.5 Å². The van der Waals surface area contributed by atoms with E-state index in [1.165, 1.54) is 27.7 Å². The molecule has 0 radical (unpaired) electrons. The molecule has 0 fully saturated rings. The second kappa shape index (κ2) is 27.4. The van der Waals surface area contributed by atoms with E-state index in [1.807, 2.05) is 0 Å². The molecular formula is C63H69FN10O14. The number of halogens is 1. The number of fused-ring (bicyclic) bond motifs is 5. The molecule has 0 saturated heterocycles. The third kappa shape index (κ3) is 13.9. The minimum Gasteiger partial charge on any atom is -0.458 e. The minimum absolute atomic E-state index is 0.0337. The minimum atomic E-state index is -2.04. The number of pyridine rings is 2. The Balaban J connectivity index is 0.709. The number of hydrogen-bond donors (Lipinski definition) is 6. The highest BCUT2D eigenvalue weighted by Gasteiger charge is 2.46. The number of carbonyl (C=O) groups is 10. The quantitative estimate of drug-likeness (QED) is 0.0271. The molecule has 0 unspecified atom stereocenters. The van der Waals surface area contributed by atoms with Crippen molar-refractivity contribution >= 4 is 75.9 Å². The molecule has 1 aliphatic carbocycles. The van der Waals surface area contributed by atoms with Crippen LogP contribution in [0.3, 0.4) is 0 Å². The Kier molecular flexibility index (Phi) is 19.6. The number of aliphatic hydroxyl groups is 1. The first-order valence-corrected chi connectivity index (χ1v) is 29.2. The molecule has 2 aromatic heterocycles. The summed E-state index contributed by atoms with van der Waals surface area (Å²) in [7, 11) is 3.25. The van der Waals surface area contributed by atoms with Gasteiger partial charge in [-0.25, -0.2) is 19.0 Å². The number of rotatable bonds is 25. The van der Waals surface area contributed by atoms with Crippen LogP contribution in [0.1, 0.15) is 109 Å². The molecule has 6 N–H and O–H groups in total. The van der Waals surface area contributed by atoms with Gasteiger partial charge in [0.1, 0.15) is 25.1 Å². The standard InChI is InChI=1S/C63H69FN10O14/c1-5-63(86)43-28-48-58-41(33-74(48)60(83)42(43)35-87-61(63)84)57-47(22-21-40-36(2)44(64)29-45(70-58)56(40)57)72(4)53(79)16-12-25-71(3)62(85)88-34-38-17-19-39(20-18-38)68-51(77)32-67-59(82)46(27-37-13-8-6-9-14-37)69-52(78)31-66-50(76)30-65-49(75)15-10-7-11-26-73-54(80)23-24-55(73)81/h6,8-9,13-14,17-20,23-24,28-29,46-47,86H,5,7,10-12,15-16,21-22,25-27,30-35H2,1-4H3,(H,65,75)(H,66,76)(H,67,82)(H,68,77)(H,69,78)/t46-,47-,63-/m0/s1. The topological polar surface area (TPSA) is 314 Å². The summed E-state index contributed by atoms with van der Waals surface area (Å²) in [5.74, 6) is -5.21. The lowest BCUT2D eigenvalue weighted by Crippen LogP contribution is -2.52. The molecule has 25 heteroatoms. The lowest BCUT2D eigenvalue weighted by atomic mass is 9.81. The number of aryl methyl sites for hydroxylation is 1. The molecule has 5 heterocycles. The molecule has 0 spiro atoms. The Bertz CT molecular complexity index is 3700. The van der Waals surface area contributed by atoms with Gasteiger partial charge in [0, 0.05) is 86.9 Å². The van der Waals surface area contributed by atoms with Crippen LogP contribution in [0.5, 0.6) is 0 Å². The van der Waals surface area contributed by atoms with E-state index in [0.29, 0.717) is 83.4 Å². The number of hydrogen-bond acceptors (Lipinski definition) is 15. The summed E-state index contributed by atoms with van der Waals surface area (Å²) in [6.07, 6.45) is 4.77. The van der Waals surface area contributed by atoms with Crippen LogP contribution in [0.25, 0.3) is 22.3 Å². The Morgan fingerprint density at radius 2 is 1.52 bits per heavy atom. The molecule has 9 amide bonds. The normalized spacial score (nSPS) is 16.4. The smallest absolute Gasteiger partial charge is 0.409 e. The average molecular weight is 1210 g/mol. The van der Waals surface area contributed by atoms with Gasteiger partial charge in [-0.05, 0) is 91.5 Å². The Hall–Kier alpha value is -9.65. The summed E-state index contributed by atoms with van der Waals surface area (Å²) in [5, 5.41) is 24.9. The number of imide groups is 1. The highest BCUT2D eigenvalue weighted by Crippen LogP contribution is 2.47. The number of ether oxygens (including phenoxy) is 2. The Morgan fingerprint density at radius 3 is 2.25 bits per heavy atom. The van der Waals surface area contributed by atoms with Gasteiger partial charge in [-0.2, -0.15) is 0 Å². The predicted molar refractivity (Wildman–Crippen MR) is 316 cm³/mol. The van der Waals surface area contributed by atoms with Crippen LogP contribution in [-0.4, -0.2) is 142 Å². The lowest BCUT2D eigenvalue weighted by Gasteiger charge is -2.35. The van der Waals surface area contributed by atoms with Crippen molar-refractivity contribution in [2.24, 2.45) is 0 Å². The van der Waals surface area contributed by atoms with Crippen molar-refractivity contribution in [3.8, 4) is 11.4 Å². The molecule has 462 valence electrons. The van der Waals surface area contributed by atoms with E-state index in [2.05, 4.69) is 26.6 Å². The fourth-order valence-electron chi connectivity index (χ4n) is 11.5. The van der Waals surface area contributed by atoms with E-state index in [1.54, 1.807) is 93.5 Å². The van der Waals surface area contributed by atoms with Crippen molar-refractivity contribution in [3.63, 3.8) is 0 Å². The number of esters is 1. The van der Waals surface area contributed by atoms with Crippen molar-refractivity contribution in [1.82, 2.24) is 45.5 Å². The summed E-state index contributed by atoms with van der Waals surface area (Å²) in [6.45, 7) is 2.09. The second-order valence-corrected chi connectivity index (χ2v) is 22.2. The SMILES string of the molecule is CC[C@@]1(O)C(=O)OCc2c1cc1n(c2=O)Cc2c-1nc1cc(F)c(C)c3c1c2[C@@H](N(C)C(=O)CCCN(C)C(=O)OCc1ccc(NC(=O)CNC(=O)[C@H](Cc2ccccc2)NC(=O)CNC(=O)CNC(=O)CCCCCN2C(=O)C=CC2=O)cc1)CC3. The molecular weight excluding hydrogens is 1140 g/mol. The van der Waals surface area contributed by atoms with Crippen LogP contribution >= 0.6 is 0 Å². The van der Waals surface area contributed by atoms with Gasteiger partial charge in [0.2, 0.25) is 35.4 Å². The molecule has 3 atom stereocenters. The first kappa shape index (κ1) is 62.9. The van der Waals surface area contributed by atoms with Crippen LogP contribution in [0, 0.1) is 12.7 Å². The number of nitrogens with zero attached hydrogens (tertiary/aromatic N) is 5. The zero-order valence-electron chi connectivity index (χ0n) is 49.3. The van der Waals surface area contributed by atoms with Crippen molar-refractivity contribution in [2.45, 2.75) is 115 Å². The second-order valence-electron chi connectivity index (χ2n) is 22.2. The van der Waals surface area contributed by atoms with Crippen LogP contribution in [0.15, 0.2) is 83.7 Å². The van der Waals surface area contributed by atoms with E-state index in [9.17, 15) is 57.8 Å². The molecule has 0 saturated carbocycles. The first-order valence-electron chi connectivity index (χ1n) is 29.2. The lowest BCUT2D eigenvalue weighted by molar-refractivity contribution is -0.172. The Morgan fingerprint density at radius 1 is 0.818 bits per heavy atom. The zero-order chi connectivity index (χ0) is 63.0. The zero-order valence-corrected chi connectivity index (χ0v) is 49.3. The molecule has 0 bridgehead atoms. The summed E-state index contributed by atoms with van der Waals surface area (Å²) >= 11 is 0. The predicted octanol–water partition coefficient (Wildman–Crippen LogP) is 3.52. The molecule has 5 aromatic rings. The summed E-state index contributed by atoms with van der Waals surface area (Å²) < 4.78 is 27.8. The number of nitrogens with one attached hydrogen (secondary N) is 5. The maximum Gasteiger partial charge on any atom is 0.409 e. The third-order valence-corrected chi connectivity index (χ3v) is 16.4. The van der Waals surface area contributed by atoms with Crippen molar-refractivity contribution in [2.75, 3.05) is 52.1 Å². The van der Waals surface area contributed by atoms with Gasteiger partial charge in [0.15, 0.2) is 5.60 Å². The van der Waals surface area contributed by atoms with Crippen LogP contribution in [0.2, 0.25) is 0 Å². The van der Waals surface area contributed by atoms with Gasteiger partial charge in [0.25, 0.3) is 17.4 Å². The number of unbranched alkanes of at least 4 members (excludes halogenated alkanes) is 2. The van der Waals surface area contributed by atoms with Gasteiger partial charge in [0.05, 0.1) is 54.7 Å². The number of amides is 9. The van der Waals surface area contributed by atoms with Gasteiger partial charge in [-0.15, -0.1) is 0 Å². The Labute approximate surface area is 505 Å². The first-order chi connectivity index (χ1) is 42.1. The largest absolute Gasteiger partial charge is 0.458 e. The number of benzene rings is 3. The maximum atomic E-state index is 15.5. The van der Waals surface area contributed by atoms with E-state index in [-0.39, 0.29) is 87.4 Å². The van der Waals surface area contributed by atoms with E-state index in [4.69, 9.17) is 14.5 Å². The van der Waals surface area contributed by atoms with E-state index < -0.39 is 90.3 Å². The van der Waals surface area contributed by atoms with Gasteiger partial charge in [-0.3, -0.25) is 48.1 Å². The third-order valence-electron chi connectivity index (χ3n) is 16.4. The van der Waals surface area contributed by atoms with Crippen molar-refractivity contribution in [3.05, 3.63) is 140 Å². The summed E-state index contributed by atoms with van der Waals surface area (Å²) in [5.41, 5.74) is 3.36. The molecule has 9 rings (SSSR count). The number of carbonyl (C=O) groups excluding carboxylic acids is 10. The monoisotopic (exact) mass is 1210 g/mol. The van der Waals surface area contributed by atoms with Crippen molar-refractivity contribution in [1.29, 1.82) is 0 Å². The van der Waals surface area contributed by atoms with Crippen molar-refractivity contribution < 1.29 is 66.9 Å². The maximum absolute atomic E-state index is 15.5. The number of anilines is 1. The molecule has 24 nitrogen and oxygen atoms in total. The van der Waals surface area contributed by atoms with Crippen LogP contribution < -0.4 is 32.1 Å². The fraction of sp³-hybridized carbons (Fsp3) is 0.397. The van der Waals surface area contributed by atoms with Gasteiger partial charge >= 0.3 is 12.1 Å². The van der Waals surface area contributed by atoms with Gasteiger partial charge in [-0.1, -0.05) is 55.8 Å². The molecule has 88 heavy (non-hydrogen) atoms. The summed E-state index contributed by atoms with van der Waals surface area (Å²) in [6, 6.07) is 16.6.